The van der Waals surface area contributed by atoms with E-state index in [9.17, 15) is 0 Å². The molecule has 2 aromatic carbocycles. The molecular weight excluding hydrogens is 242 g/mol. The standard InChI is InChI=1S/C19H23N/c1-20-14-8-7-10-16-9-5-6-13-18(16)15-19(20)17-11-3-2-4-12-17/h2-6,9,11-13,19H,7-8,10,14-15H2,1H3. The molecule has 0 N–H and O–H groups in total. The van der Waals surface area contributed by atoms with Gasteiger partial charge in [0, 0.05) is 6.04 Å². The van der Waals surface area contributed by atoms with Gasteiger partial charge in [0.25, 0.3) is 0 Å². The van der Waals surface area contributed by atoms with Crippen LogP contribution in [0.2, 0.25) is 0 Å². The Kier molecular flexibility index (Phi) is 4.17. The van der Waals surface area contributed by atoms with Crippen molar-refractivity contribution in [3.8, 4) is 0 Å². The molecule has 0 spiro atoms. The number of hydrogen-bond donors (Lipinski definition) is 0. The first-order chi connectivity index (χ1) is 9.84. The van der Waals surface area contributed by atoms with Gasteiger partial charge < -0.3 is 0 Å². The van der Waals surface area contributed by atoms with Gasteiger partial charge in [0.15, 0.2) is 0 Å². The molecule has 1 atom stereocenters. The second-order valence-corrected chi connectivity index (χ2v) is 5.84. The zero-order valence-corrected chi connectivity index (χ0v) is 12.3. The summed E-state index contributed by atoms with van der Waals surface area (Å²) in [6.45, 7) is 1.19. The third-order valence-electron chi connectivity index (χ3n) is 4.45. The Balaban J connectivity index is 1.95. The first-order valence-corrected chi connectivity index (χ1v) is 7.66. The predicted octanol–water partition coefficient (Wildman–Crippen LogP) is 4.24. The molecule has 3 rings (SSSR count). The molecule has 0 fully saturated rings. The van der Waals surface area contributed by atoms with E-state index in [-0.39, 0.29) is 0 Å². The van der Waals surface area contributed by atoms with Gasteiger partial charge in [-0.3, -0.25) is 4.90 Å². The van der Waals surface area contributed by atoms with Gasteiger partial charge in [0.05, 0.1) is 0 Å². The van der Waals surface area contributed by atoms with E-state index in [0.717, 1.165) is 6.42 Å². The topological polar surface area (TPSA) is 3.24 Å². The van der Waals surface area contributed by atoms with E-state index < -0.39 is 0 Å². The fourth-order valence-corrected chi connectivity index (χ4v) is 3.24. The fourth-order valence-electron chi connectivity index (χ4n) is 3.24. The minimum Gasteiger partial charge on any atom is -0.299 e. The maximum atomic E-state index is 2.53. The molecule has 2 aromatic rings. The van der Waals surface area contributed by atoms with E-state index in [0.29, 0.717) is 6.04 Å². The zero-order chi connectivity index (χ0) is 13.8. The summed E-state index contributed by atoms with van der Waals surface area (Å²) in [5, 5.41) is 0. The normalized spacial score (nSPS) is 20.6. The van der Waals surface area contributed by atoms with Crippen LogP contribution in [0.1, 0.15) is 35.6 Å². The van der Waals surface area contributed by atoms with Crippen molar-refractivity contribution >= 4 is 0 Å². The largest absolute Gasteiger partial charge is 0.299 e. The summed E-state index contributed by atoms with van der Waals surface area (Å²) in [7, 11) is 2.27. The molecular formula is C19H23N. The Morgan fingerprint density at radius 2 is 1.55 bits per heavy atom. The molecule has 0 radical (unpaired) electrons. The molecule has 0 aliphatic carbocycles. The number of benzene rings is 2. The van der Waals surface area contributed by atoms with Crippen LogP contribution in [0.3, 0.4) is 0 Å². The Morgan fingerprint density at radius 1 is 0.850 bits per heavy atom. The molecule has 1 aliphatic rings. The summed E-state index contributed by atoms with van der Waals surface area (Å²) in [5.74, 6) is 0. The lowest BCUT2D eigenvalue weighted by molar-refractivity contribution is 0.241. The van der Waals surface area contributed by atoms with Crippen LogP contribution in [-0.2, 0) is 12.8 Å². The number of likely N-dealkylation sites (N-methyl/N-ethyl adjacent to an activating group) is 1. The average Bonchev–Trinajstić information content (AvgIpc) is 2.58. The lowest BCUT2D eigenvalue weighted by Crippen LogP contribution is -2.27. The molecule has 104 valence electrons. The number of hydrogen-bond acceptors (Lipinski definition) is 1. The van der Waals surface area contributed by atoms with Crippen molar-refractivity contribution in [2.24, 2.45) is 0 Å². The van der Waals surface area contributed by atoms with Gasteiger partial charge in [-0.25, -0.2) is 0 Å². The summed E-state index contributed by atoms with van der Waals surface area (Å²) in [4.78, 5) is 2.53. The Bertz CT molecular complexity index is 547. The van der Waals surface area contributed by atoms with Gasteiger partial charge >= 0.3 is 0 Å². The summed E-state index contributed by atoms with van der Waals surface area (Å²) in [6, 6.07) is 20.4. The quantitative estimate of drug-likeness (QED) is 0.745. The third kappa shape index (κ3) is 2.94. The average molecular weight is 265 g/mol. The summed E-state index contributed by atoms with van der Waals surface area (Å²) >= 11 is 0. The molecule has 0 amide bonds. The summed E-state index contributed by atoms with van der Waals surface area (Å²) < 4.78 is 0. The lowest BCUT2D eigenvalue weighted by Gasteiger charge is -2.28. The van der Waals surface area contributed by atoms with Crippen LogP contribution < -0.4 is 0 Å². The molecule has 20 heavy (non-hydrogen) atoms. The van der Waals surface area contributed by atoms with E-state index in [1.807, 2.05) is 0 Å². The highest BCUT2D eigenvalue weighted by Crippen LogP contribution is 2.28. The molecule has 1 unspecified atom stereocenters. The van der Waals surface area contributed by atoms with Crippen molar-refractivity contribution in [2.75, 3.05) is 13.6 Å². The molecule has 0 aromatic heterocycles. The minimum atomic E-state index is 0.496. The van der Waals surface area contributed by atoms with Crippen LogP contribution >= 0.6 is 0 Å². The van der Waals surface area contributed by atoms with Gasteiger partial charge in [0.2, 0.25) is 0 Å². The highest BCUT2D eigenvalue weighted by molar-refractivity contribution is 5.31. The van der Waals surface area contributed by atoms with Crippen LogP contribution in [-0.4, -0.2) is 18.5 Å². The summed E-state index contributed by atoms with van der Waals surface area (Å²) in [6.07, 6.45) is 4.93. The molecule has 1 nitrogen and oxygen atoms in total. The van der Waals surface area contributed by atoms with Gasteiger partial charge in [-0.1, -0.05) is 54.6 Å². The monoisotopic (exact) mass is 265 g/mol. The molecule has 1 heterocycles. The number of fused-ring (bicyclic) bond motifs is 1. The molecule has 0 saturated carbocycles. The second kappa shape index (κ2) is 6.23. The Hall–Kier alpha value is -1.60. The van der Waals surface area contributed by atoms with E-state index in [4.69, 9.17) is 0 Å². The van der Waals surface area contributed by atoms with Crippen molar-refractivity contribution in [2.45, 2.75) is 31.7 Å². The van der Waals surface area contributed by atoms with Crippen molar-refractivity contribution < 1.29 is 0 Å². The highest BCUT2D eigenvalue weighted by Gasteiger charge is 2.19. The number of nitrogens with zero attached hydrogens (tertiary/aromatic N) is 1. The fraction of sp³-hybridized carbons (Fsp3) is 0.368. The number of aryl methyl sites for hydroxylation is 1. The van der Waals surface area contributed by atoms with Gasteiger partial charge in [0.1, 0.15) is 0 Å². The van der Waals surface area contributed by atoms with E-state index >= 15 is 0 Å². The highest BCUT2D eigenvalue weighted by atomic mass is 15.1. The molecule has 0 bridgehead atoms. The first kappa shape index (κ1) is 13.4. The van der Waals surface area contributed by atoms with Crippen molar-refractivity contribution in [1.29, 1.82) is 0 Å². The van der Waals surface area contributed by atoms with Gasteiger partial charge in [-0.2, -0.15) is 0 Å². The zero-order valence-electron chi connectivity index (χ0n) is 12.3. The smallest absolute Gasteiger partial charge is 0.0385 e. The van der Waals surface area contributed by atoms with E-state index in [1.165, 1.54) is 36.9 Å². The van der Waals surface area contributed by atoms with Crippen LogP contribution in [0.15, 0.2) is 54.6 Å². The van der Waals surface area contributed by atoms with Crippen LogP contribution in [0, 0.1) is 0 Å². The van der Waals surface area contributed by atoms with Crippen LogP contribution in [0.5, 0.6) is 0 Å². The molecule has 1 aliphatic heterocycles. The molecule has 0 saturated heterocycles. The van der Waals surface area contributed by atoms with Crippen LogP contribution in [0.25, 0.3) is 0 Å². The first-order valence-electron chi connectivity index (χ1n) is 7.66. The minimum absolute atomic E-state index is 0.496. The summed E-state index contributed by atoms with van der Waals surface area (Å²) in [5.41, 5.74) is 4.51. The van der Waals surface area contributed by atoms with Gasteiger partial charge in [-0.05, 0) is 56.0 Å². The molecule has 1 heteroatoms. The Morgan fingerprint density at radius 3 is 2.35 bits per heavy atom. The number of rotatable bonds is 1. The van der Waals surface area contributed by atoms with E-state index in [1.54, 1.807) is 5.56 Å². The maximum absolute atomic E-state index is 2.53. The van der Waals surface area contributed by atoms with Crippen molar-refractivity contribution in [3.05, 3.63) is 71.3 Å². The SMILES string of the molecule is CN1CCCCc2ccccc2CC1c1ccccc1. The maximum Gasteiger partial charge on any atom is 0.0385 e. The third-order valence-corrected chi connectivity index (χ3v) is 4.45. The Labute approximate surface area is 122 Å². The van der Waals surface area contributed by atoms with Crippen LogP contribution in [0.4, 0.5) is 0 Å². The van der Waals surface area contributed by atoms with E-state index in [2.05, 4.69) is 66.5 Å². The van der Waals surface area contributed by atoms with Crippen molar-refractivity contribution in [1.82, 2.24) is 4.90 Å². The van der Waals surface area contributed by atoms with Crippen molar-refractivity contribution in [3.63, 3.8) is 0 Å². The predicted molar refractivity (Wildman–Crippen MR) is 84.9 cm³/mol. The lowest BCUT2D eigenvalue weighted by atomic mass is 9.94. The van der Waals surface area contributed by atoms with Gasteiger partial charge in [-0.15, -0.1) is 0 Å². The second-order valence-electron chi connectivity index (χ2n) is 5.84.